The van der Waals surface area contributed by atoms with Crippen molar-refractivity contribution in [3.63, 3.8) is 0 Å². The molecule has 27 heavy (non-hydrogen) atoms. The molecule has 1 saturated heterocycles. The zero-order chi connectivity index (χ0) is 19.8. The van der Waals surface area contributed by atoms with Gasteiger partial charge in [0.05, 0.1) is 6.61 Å². The highest BCUT2D eigenvalue weighted by atomic mass is 16.7. The van der Waals surface area contributed by atoms with E-state index in [0.29, 0.717) is 24.4 Å². The van der Waals surface area contributed by atoms with Gasteiger partial charge in [-0.15, -0.1) is 0 Å². The summed E-state index contributed by atoms with van der Waals surface area (Å²) in [6, 6.07) is 6.46. The number of nitrogens with one attached hydrogen (secondary N) is 1. The van der Waals surface area contributed by atoms with Crippen LogP contribution in [0.2, 0.25) is 0 Å². The number of piperidine rings is 1. The van der Waals surface area contributed by atoms with Crippen LogP contribution in [0.3, 0.4) is 0 Å². The number of allylic oxidation sites excluding steroid dienone is 1. The molecule has 0 aliphatic carbocycles. The minimum Gasteiger partial charge on any atom is -0.434 e. The molecule has 146 valence electrons. The maximum Gasteiger partial charge on any atom is 0.513 e. The molecular formula is C20H26N2O5. The maximum atomic E-state index is 12.6. The molecule has 1 heterocycles. The van der Waals surface area contributed by atoms with Crippen LogP contribution in [0.15, 0.2) is 35.9 Å². The van der Waals surface area contributed by atoms with Gasteiger partial charge in [0.15, 0.2) is 0 Å². The summed E-state index contributed by atoms with van der Waals surface area (Å²) in [6.07, 6.45) is 2.25. The molecule has 0 bridgehead atoms. The van der Waals surface area contributed by atoms with E-state index in [9.17, 15) is 14.4 Å². The summed E-state index contributed by atoms with van der Waals surface area (Å²) in [5.74, 6) is 0.161. The van der Waals surface area contributed by atoms with Crippen LogP contribution in [0.5, 0.6) is 5.75 Å². The maximum absolute atomic E-state index is 12.6. The summed E-state index contributed by atoms with van der Waals surface area (Å²) in [5, 5.41) is 2.97. The van der Waals surface area contributed by atoms with E-state index in [-0.39, 0.29) is 24.5 Å². The lowest BCUT2D eigenvalue weighted by molar-refractivity contribution is -0.117. The van der Waals surface area contributed by atoms with Crippen molar-refractivity contribution in [1.29, 1.82) is 0 Å². The molecule has 0 saturated carbocycles. The Bertz CT molecular complexity index is 700. The number of ether oxygens (including phenoxy) is 2. The molecule has 0 spiro atoms. The van der Waals surface area contributed by atoms with Gasteiger partial charge in [-0.3, -0.25) is 9.59 Å². The lowest BCUT2D eigenvalue weighted by Crippen LogP contribution is -2.46. The van der Waals surface area contributed by atoms with Gasteiger partial charge >= 0.3 is 6.16 Å². The number of benzene rings is 1. The summed E-state index contributed by atoms with van der Waals surface area (Å²) in [5.41, 5.74) is 1.48. The van der Waals surface area contributed by atoms with E-state index >= 15 is 0 Å². The van der Waals surface area contributed by atoms with Crippen molar-refractivity contribution in [1.82, 2.24) is 10.2 Å². The fourth-order valence-corrected chi connectivity index (χ4v) is 2.82. The van der Waals surface area contributed by atoms with E-state index in [0.717, 1.165) is 18.4 Å². The number of rotatable bonds is 5. The minimum atomic E-state index is -0.770. The van der Waals surface area contributed by atoms with Crippen LogP contribution in [0.25, 0.3) is 0 Å². The number of carbonyl (C=O) groups excluding carboxylic acids is 3. The molecule has 0 atom stereocenters. The summed E-state index contributed by atoms with van der Waals surface area (Å²) in [4.78, 5) is 37.5. The first kappa shape index (κ1) is 20.5. The van der Waals surface area contributed by atoms with Crippen molar-refractivity contribution < 1.29 is 23.9 Å². The summed E-state index contributed by atoms with van der Waals surface area (Å²) >= 11 is 0. The first-order valence-corrected chi connectivity index (χ1v) is 9.08. The lowest BCUT2D eigenvalue weighted by atomic mass is 10.0. The van der Waals surface area contributed by atoms with Crippen LogP contribution in [-0.4, -0.2) is 48.6 Å². The Kier molecular flexibility index (Phi) is 7.40. The molecule has 2 amide bonds. The van der Waals surface area contributed by atoms with E-state index in [1.807, 2.05) is 13.8 Å². The van der Waals surface area contributed by atoms with Crippen molar-refractivity contribution >= 4 is 18.0 Å². The van der Waals surface area contributed by atoms with Gasteiger partial charge in [0, 0.05) is 30.8 Å². The third kappa shape index (κ3) is 6.44. The van der Waals surface area contributed by atoms with Crippen LogP contribution in [-0.2, 0) is 9.53 Å². The Morgan fingerprint density at radius 3 is 2.33 bits per heavy atom. The van der Waals surface area contributed by atoms with E-state index in [1.54, 1.807) is 42.2 Å². The van der Waals surface area contributed by atoms with E-state index in [2.05, 4.69) is 5.32 Å². The number of hydrogen-bond donors (Lipinski definition) is 1. The third-order valence-corrected chi connectivity index (χ3v) is 4.11. The summed E-state index contributed by atoms with van der Waals surface area (Å²) in [6.45, 7) is 6.85. The van der Waals surface area contributed by atoms with Gasteiger partial charge in [0.1, 0.15) is 5.75 Å². The zero-order valence-electron chi connectivity index (χ0n) is 16.0. The van der Waals surface area contributed by atoms with Gasteiger partial charge in [-0.25, -0.2) is 4.79 Å². The Morgan fingerprint density at radius 1 is 1.15 bits per heavy atom. The number of hydrogen-bond acceptors (Lipinski definition) is 5. The van der Waals surface area contributed by atoms with E-state index in [4.69, 9.17) is 9.47 Å². The molecule has 1 fully saturated rings. The van der Waals surface area contributed by atoms with Crippen molar-refractivity contribution in [3.05, 3.63) is 41.5 Å². The first-order chi connectivity index (χ1) is 12.9. The van der Waals surface area contributed by atoms with Crippen LogP contribution in [0.1, 0.15) is 44.0 Å². The van der Waals surface area contributed by atoms with Gasteiger partial charge in [0.2, 0.25) is 5.91 Å². The average molecular weight is 374 g/mol. The topological polar surface area (TPSA) is 84.9 Å². The molecule has 7 nitrogen and oxygen atoms in total. The Labute approximate surface area is 159 Å². The summed E-state index contributed by atoms with van der Waals surface area (Å²) < 4.78 is 9.69. The van der Waals surface area contributed by atoms with Gasteiger partial charge in [-0.05, 0) is 57.9 Å². The van der Waals surface area contributed by atoms with E-state index < -0.39 is 6.16 Å². The molecule has 1 aliphatic rings. The number of carbonyl (C=O) groups is 3. The molecular weight excluding hydrogens is 348 g/mol. The normalized spacial score (nSPS) is 14.3. The first-order valence-electron chi connectivity index (χ1n) is 9.08. The summed E-state index contributed by atoms with van der Waals surface area (Å²) in [7, 11) is 0. The minimum absolute atomic E-state index is 0.0771. The molecule has 1 aromatic carbocycles. The standard InChI is InChI=1S/C20H26N2O5/c1-4-26-20(25)27-17-7-5-15(6-8-17)19(24)22-11-9-16(10-12-22)21-18(23)13-14(2)3/h5-8,13,16H,4,9-12H2,1-3H3,(H,21,23). The van der Waals surface area contributed by atoms with Crippen LogP contribution in [0, 0.1) is 0 Å². The molecule has 1 N–H and O–H groups in total. The number of nitrogens with zero attached hydrogens (tertiary/aromatic N) is 1. The molecule has 1 aromatic rings. The second-order valence-corrected chi connectivity index (χ2v) is 6.61. The SMILES string of the molecule is CCOC(=O)Oc1ccc(C(=O)N2CCC(NC(=O)C=C(C)C)CC2)cc1. The third-order valence-electron chi connectivity index (χ3n) is 4.11. The molecule has 7 heteroatoms. The quantitative estimate of drug-likeness (QED) is 0.487. The second kappa shape index (κ2) is 9.75. The van der Waals surface area contributed by atoms with Crippen molar-refractivity contribution in [2.75, 3.05) is 19.7 Å². The largest absolute Gasteiger partial charge is 0.513 e. The van der Waals surface area contributed by atoms with Crippen molar-refractivity contribution in [2.24, 2.45) is 0 Å². The zero-order valence-corrected chi connectivity index (χ0v) is 16.0. The molecule has 2 rings (SSSR count). The van der Waals surface area contributed by atoms with Gasteiger partial charge < -0.3 is 19.7 Å². The molecule has 0 aromatic heterocycles. The monoisotopic (exact) mass is 374 g/mol. The second-order valence-electron chi connectivity index (χ2n) is 6.61. The predicted molar refractivity (Wildman–Crippen MR) is 101 cm³/mol. The highest BCUT2D eigenvalue weighted by molar-refractivity contribution is 5.94. The highest BCUT2D eigenvalue weighted by Gasteiger charge is 2.24. The van der Waals surface area contributed by atoms with Crippen LogP contribution in [0.4, 0.5) is 4.79 Å². The Balaban J connectivity index is 1.85. The smallest absolute Gasteiger partial charge is 0.434 e. The molecule has 0 radical (unpaired) electrons. The van der Waals surface area contributed by atoms with Gasteiger partial charge in [0.25, 0.3) is 5.91 Å². The van der Waals surface area contributed by atoms with E-state index in [1.165, 1.54) is 0 Å². The van der Waals surface area contributed by atoms with Crippen LogP contribution < -0.4 is 10.1 Å². The Hall–Kier alpha value is -2.83. The Morgan fingerprint density at radius 2 is 1.78 bits per heavy atom. The fraction of sp³-hybridized carbons (Fsp3) is 0.450. The lowest BCUT2D eigenvalue weighted by Gasteiger charge is -2.32. The average Bonchev–Trinajstić information content (AvgIpc) is 2.62. The van der Waals surface area contributed by atoms with Gasteiger partial charge in [-0.2, -0.15) is 0 Å². The van der Waals surface area contributed by atoms with Crippen molar-refractivity contribution in [3.8, 4) is 5.75 Å². The molecule has 0 unspecified atom stereocenters. The number of likely N-dealkylation sites (tertiary alicyclic amines) is 1. The highest BCUT2D eigenvalue weighted by Crippen LogP contribution is 2.17. The molecule has 1 aliphatic heterocycles. The fourth-order valence-electron chi connectivity index (χ4n) is 2.82. The van der Waals surface area contributed by atoms with Crippen molar-refractivity contribution in [2.45, 2.75) is 39.7 Å². The number of amides is 2. The predicted octanol–water partition coefficient (Wildman–Crippen LogP) is 2.91. The van der Waals surface area contributed by atoms with Gasteiger partial charge in [-0.1, -0.05) is 5.57 Å². The van der Waals surface area contributed by atoms with Crippen LogP contribution >= 0.6 is 0 Å².